The van der Waals surface area contributed by atoms with Crippen LogP contribution in [-0.2, 0) is 4.79 Å². The number of methoxy groups -OCH3 is 1. The summed E-state index contributed by atoms with van der Waals surface area (Å²) in [6.45, 7) is 4.24. The van der Waals surface area contributed by atoms with Crippen LogP contribution in [0.25, 0.3) is 0 Å². The molecular formula is C21H29N3O3. The van der Waals surface area contributed by atoms with E-state index in [0.29, 0.717) is 42.3 Å². The van der Waals surface area contributed by atoms with Gasteiger partial charge in [0.2, 0.25) is 5.91 Å². The number of carbonyl (C=O) groups is 2. The molecule has 0 N–H and O–H groups in total. The van der Waals surface area contributed by atoms with Gasteiger partial charge < -0.3 is 19.4 Å². The molecule has 6 heteroatoms. The van der Waals surface area contributed by atoms with Gasteiger partial charge in [0, 0.05) is 43.7 Å². The Morgan fingerprint density at radius 3 is 2.52 bits per heavy atom. The topological polar surface area (TPSA) is 53.1 Å². The van der Waals surface area contributed by atoms with E-state index in [1.54, 1.807) is 13.2 Å². The van der Waals surface area contributed by atoms with Crippen molar-refractivity contribution in [3.8, 4) is 5.75 Å². The maximum Gasteiger partial charge on any atom is 0.253 e. The van der Waals surface area contributed by atoms with E-state index in [2.05, 4.69) is 16.8 Å². The molecule has 0 aromatic heterocycles. The summed E-state index contributed by atoms with van der Waals surface area (Å²) in [4.78, 5) is 32.0. The van der Waals surface area contributed by atoms with Crippen molar-refractivity contribution in [3.05, 3.63) is 29.8 Å². The maximum absolute atomic E-state index is 13.0. The summed E-state index contributed by atoms with van der Waals surface area (Å²) >= 11 is 0. The van der Waals surface area contributed by atoms with Crippen LogP contribution in [0.3, 0.4) is 0 Å². The largest absolute Gasteiger partial charge is 0.497 e. The number of fused-ring (bicyclic) bond motifs is 1. The molecule has 0 spiro atoms. The van der Waals surface area contributed by atoms with Gasteiger partial charge in [0.05, 0.1) is 7.11 Å². The van der Waals surface area contributed by atoms with Crippen molar-refractivity contribution >= 4 is 11.8 Å². The van der Waals surface area contributed by atoms with Crippen molar-refractivity contribution < 1.29 is 14.3 Å². The first-order valence-corrected chi connectivity index (χ1v) is 9.99. The van der Waals surface area contributed by atoms with Crippen molar-refractivity contribution in [2.75, 3.05) is 46.9 Å². The molecule has 27 heavy (non-hydrogen) atoms. The number of benzene rings is 1. The number of hydrogen-bond acceptors (Lipinski definition) is 4. The first-order chi connectivity index (χ1) is 13.1. The lowest BCUT2D eigenvalue weighted by Gasteiger charge is -2.33. The van der Waals surface area contributed by atoms with Crippen LogP contribution in [-0.4, -0.2) is 79.4 Å². The number of amides is 2. The summed E-state index contributed by atoms with van der Waals surface area (Å²) < 4.78 is 5.21. The molecule has 6 nitrogen and oxygen atoms in total. The molecule has 3 aliphatic rings. The average Bonchev–Trinajstić information content (AvgIpc) is 3.29. The molecule has 0 aliphatic carbocycles. The zero-order valence-corrected chi connectivity index (χ0v) is 16.3. The fourth-order valence-corrected chi connectivity index (χ4v) is 4.88. The molecular weight excluding hydrogens is 342 g/mol. The Morgan fingerprint density at radius 2 is 1.81 bits per heavy atom. The highest BCUT2D eigenvalue weighted by atomic mass is 16.5. The summed E-state index contributed by atoms with van der Waals surface area (Å²) in [6.07, 6.45) is 2.73. The van der Waals surface area contributed by atoms with Crippen LogP contribution in [0.2, 0.25) is 0 Å². The minimum absolute atomic E-state index is 0.0251. The molecule has 146 valence electrons. The van der Waals surface area contributed by atoms with E-state index >= 15 is 0 Å². The molecule has 2 unspecified atom stereocenters. The smallest absolute Gasteiger partial charge is 0.253 e. The number of piperidine rings is 1. The Kier molecular flexibility index (Phi) is 5.08. The number of rotatable bonds is 3. The van der Waals surface area contributed by atoms with Gasteiger partial charge in [-0.25, -0.2) is 0 Å². The molecule has 3 fully saturated rings. The molecule has 2 atom stereocenters. The van der Waals surface area contributed by atoms with Gasteiger partial charge in [0.25, 0.3) is 5.91 Å². The van der Waals surface area contributed by atoms with Crippen LogP contribution in [0.15, 0.2) is 24.3 Å². The van der Waals surface area contributed by atoms with Gasteiger partial charge in [-0.3, -0.25) is 9.59 Å². The van der Waals surface area contributed by atoms with Gasteiger partial charge in [-0.2, -0.15) is 0 Å². The number of ether oxygens (including phenoxy) is 1. The molecule has 0 bridgehead atoms. The number of likely N-dealkylation sites (N-methyl/N-ethyl adjacent to an activating group) is 1. The van der Waals surface area contributed by atoms with E-state index in [0.717, 1.165) is 32.5 Å². The molecule has 0 saturated carbocycles. The maximum atomic E-state index is 13.0. The quantitative estimate of drug-likeness (QED) is 0.812. The van der Waals surface area contributed by atoms with Crippen LogP contribution in [0.4, 0.5) is 0 Å². The van der Waals surface area contributed by atoms with Crippen LogP contribution >= 0.6 is 0 Å². The fraction of sp³-hybridized carbons (Fsp3) is 0.619. The second-order valence-electron chi connectivity index (χ2n) is 8.14. The van der Waals surface area contributed by atoms with Crippen molar-refractivity contribution in [2.45, 2.75) is 25.3 Å². The lowest BCUT2D eigenvalue weighted by molar-refractivity contribution is -0.136. The predicted molar refractivity (Wildman–Crippen MR) is 103 cm³/mol. The van der Waals surface area contributed by atoms with Crippen LogP contribution in [0, 0.1) is 11.8 Å². The highest BCUT2D eigenvalue weighted by molar-refractivity contribution is 5.94. The summed E-state index contributed by atoms with van der Waals surface area (Å²) in [5.41, 5.74) is 0.648. The lowest BCUT2D eigenvalue weighted by Crippen LogP contribution is -2.44. The second-order valence-corrected chi connectivity index (χ2v) is 8.14. The zero-order chi connectivity index (χ0) is 19.0. The predicted octanol–water partition coefficient (Wildman–Crippen LogP) is 1.71. The minimum Gasteiger partial charge on any atom is -0.497 e. The molecule has 3 aliphatic heterocycles. The Labute approximate surface area is 161 Å². The van der Waals surface area contributed by atoms with E-state index < -0.39 is 0 Å². The normalized spacial score (nSPS) is 26.3. The Morgan fingerprint density at radius 1 is 1.04 bits per heavy atom. The molecule has 3 saturated heterocycles. The van der Waals surface area contributed by atoms with Crippen LogP contribution < -0.4 is 4.74 Å². The Balaban J connectivity index is 1.32. The monoisotopic (exact) mass is 371 g/mol. The Hall–Kier alpha value is -2.08. The van der Waals surface area contributed by atoms with Gasteiger partial charge in [-0.05, 0) is 57.0 Å². The SMILES string of the molecule is COc1cccc(C(=O)N2CCC(C(=O)N3CC4CCN(C)C4C3)CC2)c1. The summed E-state index contributed by atoms with van der Waals surface area (Å²) in [5, 5.41) is 0. The zero-order valence-electron chi connectivity index (χ0n) is 16.3. The molecule has 0 radical (unpaired) electrons. The van der Waals surface area contributed by atoms with E-state index in [1.807, 2.05) is 23.1 Å². The first kappa shape index (κ1) is 18.3. The van der Waals surface area contributed by atoms with Gasteiger partial charge in [0.1, 0.15) is 5.75 Å². The Bertz CT molecular complexity index is 714. The van der Waals surface area contributed by atoms with E-state index in [4.69, 9.17) is 4.74 Å². The molecule has 1 aromatic carbocycles. The third-order valence-electron chi connectivity index (χ3n) is 6.59. The second kappa shape index (κ2) is 7.50. The summed E-state index contributed by atoms with van der Waals surface area (Å²) in [5.74, 6) is 1.72. The fourth-order valence-electron chi connectivity index (χ4n) is 4.88. The number of likely N-dealkylation sites (tertiary alicyclic amines) is 3. The van der Waals surface area contributed by atoms with Gasteiger partial charge >= 0.3 is 0 Å². The third-order valence-corrected chi connectivity index (χ3v) is 6.59. The van der Waals surface area contributed by atoms with Crippen LogP contribution in [0.5, 0.6) is 5.75 Å². The number of hydrogen-bond donors (Lipinski definition) is 0. The van der Waals surface area contributed by atoms with E-state index in [9.17, 15) is 9.59 Å². The van der Waals surface area contributed by atoms with Crippen molar-refractivity contribution in [1.82, 2.24) is 14.7 Å². The molecule has 3 heterocycles. The first-order valence-electron chi connectivity index (χ1n) is 9.99. The van der Waals surface area contributed by atoms with E-state index in [-0.39, 0.29) is 11.8 Å². The van der Waals surface area contributed by atoms with Crippen molar-refractivity contribution in [2.24, 2.45) is 11.8 Å². The highest BCUT2D eigenvalue weighted by Gasteiger charge is 2.42. The van der Waals surface area contributed by atoms with Crippen molar-refractivity contribution in [3.63, 3.8) is 0 Å². The molecule has 4 rings (SSSR count). The van der Waals surface area contributed by atoms with Gasteiger partial charge in [-0.1, -0.05) is 6.07 Å². The van der Waals surface area contributed by atoms with Crippen molar-refractivity contribution in [1.29, 1.82) is 0 Å². The summed E-state index contributed by atoms with van der Waals surface area (Å²) in [7, 11) is 3.77. The van der Waals surface area contributed by atoms with Crippen LogP contribution in [0.1, 0.15) is 29.6 Å². The van der Waals surface area contributed by atoms with E-state index in [1.165, 1.54) is 6.42 Å². The molecule has 1 aromatic rings. The average molecular weight is 371 g/mol. The number of carbonyl (C=O) groups excluding carboxylic acids is 2. The third kappa shape index (κ3) is 3.55. The molecule has 2 amide bonds. The number of nitrogens with zero attached hydrogens (tertiary/aromatic N) is 3. The highest BCUT2D eigenvalue weighted by Crippen LogP contribution is 2.32. The van der Waals surface area contributed by atoms with Gasteiger partial charge in [-0.15, -0.1) is 0 Å². The summed E-state index contributed by atoms with van der Waals surface area (Å²) in [6, 6.07) is 7.82. The van der Waals surface area contributed by atoms with Gasteiger partial charge in [0.15, 0.2) is 0 Å². The minimum atomic E-state index is 0.0251. The standard InChI is InChI=1S/C21H29N3O3/c1-22-9-6-17-13-24(14-19(17)22)20(25)15-7-10-23(11-8-15)21(26)16-4-3-5-18(12-16)27-2/h3-5,12,15,17,19H,6-11,13-14H2,1-2H3. The lowest BCUT2D eigenvalue weighted by atomic mass is 9.94.